The molecule has 2 saturated heterocycles. The largest absolute Gasteiger partial charge is 0.469 e. The highest BCUT2D eigenvalue weighted by Gasteiger charge is 2.51. The molecule has 0 bridgehead atoms. The zero-order chi connectivity index (χ0) is 28.0. The maximum atomic E-state index is 11.2. The number of ether oxygens (including phenoxy) is 6. The van der Waals surface area contributed by atoms with Gasteiger partial charge in [-0.15, -0.1) is 0 Å². The summed E-state index contributed by atoms with van der Waals surface area (Å²) < 4.78 is 35.8. The summed E-state index contributed by atoms with van der Waals surface area (Å²) in [6.45, 7) is 1.08. The molecule has 2 aromatic rings. The summed E-state index contributed by atoms with van der Waals surface area (Å²) in [5, 5.41) is 4.06. The Hall–Kier alpha value is -2.98. The highest BCUT2D eigenvalue weighted by atomic mass is 16.7. The molecule has 10 heteroatoms. The quantitative estimate of drug-likeness (QED) is 0.0870. The summed E-state index contributed by atoms with van der Waals surface area (Å²) in [7, 11) is 1.42. The van der Waals surface area contributed by atoms with Gasteiger partial charge in [-0.05, 0) is 23.9 Å². The second-order valence-electron chi connectivity index (χ2n) is 9.99. The molecule has 2 fully saturated rings. The SMILES string of the molecule is COC(=O)CCCCCCCCO[C@@H]1O[C@@H]2COC(c3ccccc3)O[C@H]2[C@H](OCc2ccccc2)[C@H]1N=[N+]=[N-]. The van der Waals surface area contributed by atoms with E-state index < -0.39 is 36.9 Å². The lowest BCUT2D eigenvalue weighted by molar-refractivity contribution is -0.347. The molecule has 0 N–H and O–H groups in total. The second-order valence-corrected chi connectivity index (χ2v) is 9.99. The molecule has 0 aliphatic carbocycles. The summed E-state index contributed by atoms with van der Waals surface area (Å²) in [5.74, 6) is -0.159. The number of esters is 1. The van der Waals surface area contributed by atoms with Crippen molar-refractivity contribution in [2.45, 2.75) is 88.5 Å². The van der Waals surface area contributed by atoms with Gasteiger partial charge in [0.25, 0.3) is 0 Å². The Morgan fingerprint density at radius 2 is 1.65 bits per heavy atom. The Morgan fingerprint density at radius 1 is 0.950 bits per heavy atom. The molecule has 2 aliphatic rings. The molecule has 0 radical (unpaired) electrons. The van der Waals surface area contributed by atoms with Crippen molar-refractivity contribution < 1.29 is 33.2 Å². The van der Waals surface area contributed by atoms with Crippen LogP contribution in [0.4, 0.5) is 0 Å². The van der Waals surface area contributed by atoms with Crippen molar-refractivity contribution >= 4 is 5.97 Å². The van der Waals surface area contributed by atoms with Crippen LogP contribution in [0.3, 0.4) is 0 Å². The van der Waals surface area contributed by atoms with Gasteiger partial charge >= 0.3 is 5.97 Å². The minimum absolute atomic E-state index is 0.159. The Bertz CT molecular complexity index is 1070. The van der Waals surface area contributed by atoms with E-state index in [4.69, 9.17) is 23.7 Å². The first-order valence-electron chi connectivity index (χ1n) is 14.0. The third-order valence-electron chi connectivity index (χ3n) is 7.13. The first kappa shape index (κ1) is 30.0. The van der Waals surface area contributed by atoms with Crippen LogP contribution >= 0.6 is 0 Å². The van der Waals surface area contributed by atoms with E-state index in [0.717, 1.165) is 49.7 Å². The Morgan fingerprint density at radius 3 is 2.38 bits per heavy atom. The summed E-state index contributed by atoms with van der Waals surface area (Å²) in [6, 6.07) is 18.8. The fourth-order valence-corrected chi connectivity index (χ4v) is 5.00. The Labute approximate surface area is 235 Å². The molecule has 0 saturated carbocycles. The Balaban J connectivity index is 1.35. The van der Waals surface area contributed by atoms with Gasteiger partial charge in [0.15, 0.2) is 12.6 Å². The van der Waals surface area contributed by atoms with Gasteiger partial charge in [0, 0.05) is 23.5 Å². The third-order valence-corrected chi connectivity index (χ3v) is 7.13. The lowest BCUT2D eigenvalue weighted by Crippen LogP contribution is -2.62. The molecule has 0 aromatic heterocycles. The fourth-order valence-electron chi connectivity index (χ4n) is 5.00. The van der Waals surface area contributed by atoms with Crippen LogP contribution < -0.4 is 0 Å². The van der Waals surface area contributed by atoms with Crippen molar-refractivity contribution in [3.05, 3.63) is 82.2 Å². The van der Waals surface area contributed by atoms with Crippen molar-refractivity contribution in [2.24, 2.45) is 5.11 Å². The molecule has 0 spiro atoms. The van der Waals surface area contributed by atoms with E-state index in [1.807, 2.05) is 60.7 Å². The van der Waals surface area contributed by atoms with E-state index in [-0.39, 0.29) is 5.97 Å². The summed E-state index contributed by atoms with van der Waals surface area (Å²) in [4.78, 5) is 14.3. The molecule has 10 nitrogen and oxygen atoms in total. The van der Waals surface area contributed by atoms with E-state index in [9.17, 15) is 10.3 Å². The molecule has 6 atom stereocenters. The number of carbonyl (C=O) groups is 1. The summed E-state index contributed by atoms with van der Waals surface area (Å²) in [6.07, 6.45) is 3.33. The number of rotatable bonds is 15. The van der Waals surface area contributed by atoms with Gasteiger partial charge in [-0.2, -0.15) is 0 Å². The average molecular weight is 554 g/mol. The number of methoxy groups -OCH3 is 1. The van der Waals surface area contributed by atoms with Gasteiger partial charge in [0.1, 0.15) is 24.4 Å². The molecule has 40 heavy (non-hydrogen) atoms. The maximum absolute atomic E-state index is 11.2. The molecular weight excluding hydrogens is 514 g/mol. The van der Waals surface area contributed by atoms with Crippen LogP contribution in [0, 0.1) is 0 Å². The zero-order valence-corrected chi connectivity index (χ0v) is 23.0. The number of hydrogen-bond acceptors (Lipinski definition) is 8. The van der Waals surface area contributed by atoms with E-state index in [1.165, 1.54) is 7.11 Å². The normalized spacial score (nSPS) is 25.9. The lowest BCUT2D eigenvalue weighted by Gasteiger charge is -2.48. The van der Waals surface area contributed by atoms with Crippen LogP contribution in [0.1, 0.15) is 62.4 Å². The number of fused-ring (bicyclic) bond motifs is 1. The number of azide groups is 1. The van der Waals surface area contributed by atoms with Gasteiger partial charge < -0.3 is 28.4 Å². The minimum Gasteiger partial charge on any atom is -0.469 e. The number of unbranched alkanes of at least 4 members (excludes halogenated alkanes) is 5. The maximum Gasteiger partial charge on any atom is 0.305 e. The standard InChI is InChI=1S/C30H39N3O7/c1-35-25(34)18-12-4-2-3-5-13-19-36-30-26(32-33-31)28(37-20-22-14-8-6-9-15-22)27-24(39-30)21-38-29(40-27)23-16-10-7-11-17-23/h6-11,14-17,24,26-30H,2-5,12-13,18-21H2,1H3/t24-,26-,27-,28-,29?,30-/m1/s1. The second kappa shape index (κ2) is 16.3. The summed E-state index contributed by atoms with van der Waals surface area (Å²) in [5.41, 5.74) is 11.3. The van der Waals surface area contributed by atoms with Crippen LogP contribution in [-0.4, -0.2) is 56.9 Å². The predicted octanol–water partition coefficient (Wildman–Crippen LogP) is 6.01. The molecule has 2 aliphatic heterocycles. The number of hydrogen-bond donors (Lipinski definition) is 0. The first-order chi connectivity index (χ1) is 19.7. The highest BCUT2D eigenvalue weighted by Crippen LogP contribution is 2.37. The molecular formula is C30H39N3O7. The fraction of sp³-hybridized carbons (Fsp3) is 0.567. The average Bonchev–Trinajstić information content (AvgIpc) is 3.00. The van der Waals surface area contributed by atoms with Crippen molar-refractivity contribution in [3.8, 4) is 0 Å². The smallest absolute Gasteiger partial charge is 0.305 e. The lowest BCUT2D eigenvalue weighted by atomic mass is 9.96. The van der Waals surface area contributed by atoms with Gasteiger partial charge in [-0.25, -0.2) is 0 Å². The minimum atomic E-state index is -0.779. The third kappa shape index (κ3) is 8.76. The first-order valence-corrected chi connectivity index (χ1v) is 14.0. The Kier molecular flexibility index (Phi) is 12.2. The van der Waals surface area contributed by atoms with Gasteiger partial charge in [0.05, 0.1) is 20.3 Å². The van der Waals surface area contributed by atoms with Crippen molar-refractivity contribution in [1.82, 2.24) is 0 Å². The number of benzene rings is 2. The van der Waals surface area contributed by atoms with Gasteiger partial charge in [-0.3, -0.25) is 4.79 Å². The van der Waals surface area contributed by atoms with Crippen LogP contribution in [0.25, 0.3) is 10.4 Å². The van der Waals surface area contributed by atoms with E-state index >= 15 is 0 Å². The molecule has 0 amide bonds. The monoisotopic (exact) mass is 553 g/mol. The molecule has 1 unspecified atom stereocenters. The number of nitrogens with zero attached hydrogens (tertiary/aromatic N) is 3. The van der Waals surface area contributed by atoms with Gasteiger partial charge in [0.2, 0.25) is 0 Å². The number of carbonyl (C=O) groups excluding carboxylic acids is 1. The molecule has 4 rings (SSSR count). The molecule has 216 valence electrons. The zero-order valence-electron chi connectivity index (χ0n) is 23.0. The van der Waals surface area contributed by atoms with E-state index in [0.29, 0.717) is 26.2 Å². The molecule has 2 aromatic carbocycles. The van der Waals surface area contributed by atoms with Crippen LogP contribution in [0.2, 0.25) is 0 Å². The van der Waals surface area contributed by atoms with E-state index in [1.54, 1.807) is 0 Å². The van der Waals surface area contributed by atoms with E-state index in [2.05, 4.69) is 14.8 Å². The van der Waals surface area contributed by atoms with Crippen molar-refractivity contribution in [3.63, 3.8) is 0 Å². The summed E-state index contributed by atoms with van der Waals surface area (Å²) >= 11 is 0. The van der Waals surface area contributed by atoms with Crippen molar-refractivity contribution in [2.75, 3.05) is 20.3 Å². The topological polar surface area (TPSA) is 121 Å². The van der Waals surface area contributed by atoms with Crippen LogP contribution in [-0.2, 0) is 39.8 Å². The molecule has 2 heterocycles. The van der Waals surface area contributed by atoms with Crippen LogP contribution in [0.15, 0.2) is 65.8 Å². The van der Waals surface area contributed by atoms with Gasteiger partial charge in [-0.1, -0.05) is 91.5 Å². The highest BCUT2D eigenvalue weighted by molar-refractivity contribution is 5.68. The van der Waals surface area contributed by atoms with Crippen molar-refractivity contribution in [1.29, 1.82) is 0 Å². The predicted molar refractivity (Wildman–Crippen MR) is 147 cm³/mol. The van der Waals surface area contributed by atoms with Crippen LogP contribution in [0.5, 0.6) is 0 Å².